The van der Waals surface area contributed by atoms with E-state index in [1.807, 2.05) is 0 Å². The zero-order valence-electron chi connectivity index (χ0n) is 10.0. The van der Waals surface area contributed by atoms with Crippen LogP contribution in [0.3, 0.4) is 0 Å². The van der Waals surface area contributed by atoms with Gasteiger partial charge >= 0.3 is 0 Å². The number of aliphatic hydroxyl groups is 1. The molecule has 0 aromatic heterocycles. The highest BCUT2D eigenvalue weighted by Gasteiger charge is 2.39. The van der Waals surface area contributed by atoms with Crippen molar-refractivity contribution in [2.45, 2.75) is 25.0 Å². The first-order valence-corrected chi connectivity index (χ1v) is 5.75. The number of rotatable bonds is 3. The zero-order chi connectivity index (χ0) is 13.3. The van der Waals surface area contributed by atoms with Gasteiger partial charge in [-0.1, -0.05) is 0 Å². The summed E-state index contributed by atoms with van der Waals surface area (Å²) in [6.07, 6.45) is 0.0595. The van der Waals surface area contributed by atoms with Crippen molar-refractivity contribution in [3.63, 3.8) is 0 Å². The van der Waals surface area contributed by atoms with Crippen LogP contribution in [0.25, 0.3) is 0 Å². The summed E-state index contributed by atoms with van der Waals surface area (Å²) in [7, 11) is 0. The lowest BCUT2D eigenvalue weighted by molar-refractivity contribution is -0.0176. The van der Waals surface area contributed by atoms with Gasteiger partial charge in [-0.15, -0.1) is 0 Å². The van der Waals surface area contributed by atoms with Crippen molar-refractivity contribution in [3.8, 4) is 0 Å². The number of nitrogens with two attached hydrogens (primary N) is 1. The summed E-state index contributed by atoms with van der Waals surface area (Å²) in [5.74, 6) is -1.55. The third-order valence-electron chi connectivity index (χ3n) is 3.30. The molecule has 1 aromatic carbocycles. The van der Waals surface area contributed by atoms with Crippen LogP contribution in [0.15, 0.2) is 12.1 Å². The largest absolute Gasteiger partial charge is 0.399 e. The minimum atomic E-state index is -1.11. The highest BCUT2D eigenvalue weighted by Crippen LogP contribution is 2.28. The molecule has 0 saturated carbocycles. The fourth-order valence-corrected chi connectivity index (χ4v) is 2.01. The Labute approximate surface area is 104 Å². The summed E-state index contributed by atoms with van der Waals surface area (Å²) >= 11 is 0. The van der Waals surface area contributed by atoms with Gasteiger partial charge < -0.3 is 20.9 Å². The Kier molecular flexibility index (Phi) is 3.41. The molecule has 1 aliphatic heterocycles. The highest BCUT2D eigenvalue weighted by molar-refractivity contribution is 5.54. The molecule has 0 aliphatic carbocycles. The Balaban J connectivity index is 2.11. The van der Waals surface area contributed by atoms with E-state index in [9.17, 15) is 13.9 Å². The van der Waals surface area contributed by atoms with E-state index >= 15 is 0 Å². The predicted molar refractivity (Wildman–Crippen MR) is 64.2 cm³/mol. The van der Waals surface area contributed by atoms with Gasteiger partial charge in [0.1, 0.15) is 11.3 Å². The minimum Gasteiger partial charge on any atom is -0.399 e. The number of hydrogen-bond acceptors (Lipinski definition) is 4. The molecule has 6 heteroatoms. The fourth-order valence-electron chi connectivity index (χ4n) is 2.01. The molecule has 4 nitrogen and oxygen atoms in total. The van der Waals surface area contributed by atoms with Gasteiger partial charge in [0.05, 0.1) is 6.10 Å². The van der Waals surface area contributed by atoms with Gasteiger partial charge in [-0.05, 0) is 19.1 Å². The second-order valence-electron chi connectivity index (χ2n) is 4.58. The molecule has 2 unspecified atom stereocenters. The monoisotopic (exact) mass is 258 g/mol. The molecular formula is C12H16F2N2O2. The molecule has 1 aliphatic rings. The Morgan fingerprint density at radius 2 is 2.11 bits per heavy atom. The maximum atomic E-state index is 13.5. The summed E-state index contributed by atoms with van der Waals surface area (Å²) in [4.78, 5) is 0. The quantitative estimate of drug-likeness (QED) is 0.719. The van der Waals surface area contributed by atoms with Crippen molar-refractivity contribution < 1.29 is 18.6 Å². The fraction of sp³-hybridized carbons (Fsp3) is 0.500. The third kappa shape index (κ3) is 2.39. The Hall–Kier alpha value is -1.40. The van der Waals surface area contributed by atoms with Crippen molar-refractivity contribution in [1.82, 2.24) is 0 Å². The SMILES string of the molecule is CC1OCCC1(O)CNc1c(F)cc(N)cc1F. The first kappa shape index (κ1) is 13.0. The Morgan fingerprint density at radius 1 is 1.50 bits per heavy atom. The van der Waals surface area contributed by atoms with Crippen molar-refractivity contribution in [2.24, 2.45) is 0 Å². The number of benzene rings is 1. The molecule has 100 valence electrons. The maximum Gasteiger partial charge on any atom is 0.151 e. The molecule has 0 spiro atoms. The molecule has 4 N–H and O–H groups in total. The minimum absolute atomic E-state index is 0.0198. The van der Waals surface area contributed by atoms with E-state index in [1.54, 1.807) is 6.92 Å². The van der Waals surface area contributed by atoms with Gasteiger partial charge in [0.25, 0.3) is 0 Å². The smallest absolute Gasteiger partial charge is 0.151 e. The summed E-state index contributed by atoms with van der Waals surface area (Å²) in [6, 6.07) is 2.06. The topological polar surface area (TPSA) is 67.5 Å². The van der Waals surface area contributed by atoms with E-state index in [1.165, 1.54) is 0 Å². The summed E-state index contributed by atoms with van der Waals surface area (Å²) < 4.78 is 32.3. The van der Waals surface area contributed by atoms with Crippen molar-refractivity contribution in [1.29, 1.82) is 0 Å². The molecule has 2 rings (SSSR count). The standard InChI is InChI=1S/C12H16F2N2O2/c1-7-12(17,2-3-18-7)6-16-11-9(13)4-8(15)5-10(11)14/h4-5,7,16-17H,2-3,6,15H2,1H3. The number of nitrogen functional groups attached to an aromatic ring is 1. The van der Waals surface area contributed by atoms with Crippen molar-refractivity contribution >= 4 is 11.4 Å². The molecule has 0 radical (unpaired) electrons. The van der Waals surface area contributed by atoms with Gasteiger partial charge in [-0.25, -0.2) is 8.78 Å². The molecule has 0 bridgehead atoms. The van der Waals surface area contributed by atoms with E-state index in [4.69, 9.17) is 10.5 Å². The van der Waals surface area contributed by atoms with E-state index in [-0.39, 0.29) is 24.0 Å². The number of halogens is 2. The summed E-state index contributed by atoms with van der Waals surface area (Å²) in [6.45, 7) is 2.18. The van der Waals surface area contributed by atoms with E-state index in [0.29, 0.717) is 13.0 Å². The van der Waals surface area contributed by atoms with Crippen LogP contribution in [0.5, 0.6) is 0 Å². The molecule has 1 fully saturated rings. The second kappa shape index (κ2) is 4.70. The van der Waals surface area contributed by atoms with Gasteiger partial charge in [0, 0.05) is 25.3 Å². The van der Waals surface area contributed by atoms with Crippen LogP contribution in [0.2, 0.25) is 0 Å². The van der Waals surface area contributed by atoms with E-state index < -0.39 is 17.2 Å². The van der Waals surface area contributed by atoms with Crippen LogP contribution in [-0.4, -0.2) is 30.0 Å². The molecule has 18 heavy (non-hydrogen) atoms. The first-order valence-electron chi connectivity index (χ1n) is 5.75. The number of hydrogen-bond donors (Lipinski definition) is 3. The van der Waals surface area contributed by atoms with Crippen LogP contribution >= 0.6 is 0 Å². The Morgan fingerprint density at radius 3 is 2.61 bits per heavy atom. The van der Waals surface area contributed by atoms with E-state index in [2.05, 4.69) is 5.32 Å². The normalized spacial score (nSPS) is 27.4. The average molecular weight is 258 g/mol. The number of nitrogens with one attached hydrogen (secondary N) is 1. The molecule has 2 atom stereocenters. The van der Waals surface area contributed by atoms with Crippen LogP contribution < -0.4 is 11.1 Å². The van der Waals surface area contributed by atoms with Crippen LogP contribution in [0.4, 0.5) is 20.2 Å². The predicted octanol–water partition coefficient (Wildman–Crippen LogP) is 1.50. The van der Waals surface area contributed by atoms with Gasteiger partial charge in [0.2, 0.25) is 0 Å². The first-order chi connectivity index (χ1) is 8.42. The number of ether oxygens (including phenoxy) is 1. The highest BCUT2D eigenvalue weighted by atomic mass is 19.1. The number of anilines is 2. The maximum absolute atomic E-state index is 13.5. The van der Waals surface area contributed by atoms with Crippen LogP contribution in [0, 0.1) is 11.6 Å². The van der Waals surface area contributed by atoms with Gasteiger partial charge in [0.15, 0.2) is 11.6 Å². The lowest BCUT2D eigenvalue weighted by Gasteiger charge is -2.26. The average Bonchev–Trinajstić information content (AvgIpc) is 2.58. The van der Waals surface area contributed by atoms with Gasteiger partial charge in [-0.2, -0.15) is 0 Å². The molecule has 0 amide bonds. The zero-order valence-corrected chi connectivity index (χ0v) is 10.0. The molecule has 1 aromatic rings. The Bertz CT molecular complexity index is 433. The van der Waals surface area contributed by atoms with Crippen LogP contribution in [-0.2, 0) is 4.74 Å². The van der Waals surface area contributed by atoms with E-state index in [0.717, 1.165) is 12.1 Å². The molecular weight excluding hydrogens is 242 g/mol. The molecule has 1 saturated heterocycles. The summed E-state index contributed by atoms with van der Waals surface area (Å²) in [5, 5.41) is 12.8. The second-order valence-corrected chi connectivity index (χ2v) is 4.58. The van der Waals surface area contributed by atoms with Gasteiger partial charge in [-0.3, -0.25) is 0 Å². The lowest BCUT2D eigenvalue weighted by Crippen LogP contribution is -2.43. The van der Waals surface area contributed by atoms with Crippen LogP contribution in [0.1, 0.15) is 13.3 Å². The third-order valence-corrected chi connectivity index (χ3v) is 3.30. The van der Waals surface area contributed by atoms with Crippen molar-refractivity contribution in [3.05, 3.63) is 23.8 Å². The van der Waals surface area contributed by atoms with Crippen molar-refractivity contribution in [2.75, 3.05) is 24.2 Å². The summed E-state index contributed by atoms with van der Waals surface area (Å²) in [5.41, 5.74) is 3.95. The lowest BCUT2D eigenvalue weighted by atomic mass is 9.96. The molecule has 1 heterocycles.